The molecule has 0 aliphatic rings. The molecule has 16 heteroatoms. The van der Waals surface area contributed by atoms with Crippen molar-refractivity contribution in [3.63, 3.8) is 0 Å². The van der Waals surface area contributed by atoms with Crippen LogP contribution in [0.4, 0.5) is 11.6 Å². The fourth-order valence-corrected chi connectivity index (χ4v) is 6.04. The molecule has 0 saturated carbocycles. The Kier molecular flexibility index (Phi) is 19.0. The van der Waals surface area contributed by atoms with Crippen LogP contribution in [0.15, 0.2) is 48.5 Å². The van der Waals surface area contributed by atoms with Crippen LogP contribution in [0.2, 0.25) is 5.15 Å². The minimum Gasteiger partial charge on any atom is -0.394 e. The van der Waals surface area contributed by atoms with Crippen LogP contribution in [-0.4, -0.2) is 123 Å². The van der Waals surface area contributed by atoms with E-state index in [9.17, 15) is 30.0 Å². The molecule has 2 amide bonds. The van der Waals surface area contributed by atoms with E-state index in [1.807, 2.05) is 42.2 Å². The zero-order valence-corrected chi connectivity index (χ0v) is 31.9. The standard InChI is InChI=1S/C38H57ClN8O7/c1-3-4-5-8-16-47(22-29(49)32(51)33(52)30(50)23-48)17-15-43-37(53)27-13-11-25(12-14-27)19-42-20-26(18-28-10-7-6-9-24(28)2)21-44-38(54)31-35(40)46-36(41)34(39)45-31/h6-7,9-14,26,29-30,32-33,42,48-52H,3-5,8,15-23H2,1-2H3,(H,43,53)(H,44,54)(H4,40,41,46)/t26-,29-,30+,32+,33+/m0/s1. The number of aliphatic hydroxyl groups excluding tert-OH is 5. The van der Waals surface area contributed by atoms with Crippen molar-refractivity contribution in [1.29, 1.82) is 0 Å². The van der Waals surface area contributed by atoms with Crippen molar-refractivity contribution < 1.29 is 35.1 Å². The lowest BCUT2D eigenvalue weighted by Gasteiger charge is -2.30. The van der Waals surface area contributed by atoms with Gasteiger partial charge < -0.3 is 53.0 Å². The normalized spacial score (nSPS) is 14.3. The summed E-state index contributed by atoms with van der Waals surface area (Å²) in [7, 11) is 0. The van der Waals surface area contributed by atoms with Crippen molar-refractivity contribution in [3.8, 4) is 0 Å². The molecule has 0 spiro atoms. The highest BCUT2D eigenvalue weighted by Gasteiger charge is 2.31. The molecule has 5 atom stereocenters. The number of unbranched alkanes of at least 4 members (excludes halogenated alkanes) is 3. The van der Waals surface area contributed by atoms with Gasteiger partial charge in [-0.25, -0.2) is 9.97 Å². The highest BCUT2D eigenvalue weighted by Crippen LogP contribution is 2.18. The van der Waals surface area contributed by atoms with Gasteiger partial charge in [0, 0.05) is 44.8 Å². The molecule has 0 unspecified atom stereocenters. The Balaban J connectivity index is 1.54. The van der Waals surface area contributed by atoms with Gasteiger partial charge in [-0.2, -0.15) is 0 Å². The third-order valence-electron chi connectivity index (χ3n) is 9.23. The summed E-state index contributed by atoms with van der Waals surface area (Å²) in [5.41, 5.74) is 15.2. The van der Waals surface area contributed by atoms with E-state index in [0.717, 1.165) is 42.4 Å². The maximum absolute atomic E-state index is 13.0. The zero-order valence-electron chi connectivity index (χ0n) is 31.1. The second-order valence-electron chi connectivity index (χ2n) is 13.6. The van der Waals surface area contributed by atoms with Gasteiger partial charge in [0.1, 0.15) is 18.3 Å². The first-order valence-corrected chi connectivity index (χ1v) is 18.8. The monoisotopic (exact) mass is 772 g/mol. The van der Waals surface area contributed by atoms with E-state index >= 15 is 0 Å². The van der Waals surface area contributed by atoms with E-state index in [-0.39, 0.29) is 47.4 Å². The molecule has 0 fully saturated rings. The summed E-state index contributed by atoms with van der Waals surface area (Å²) in [6.07, 6.45) is -1.64. The number of benzene rings is 2. The summed E-state index contributed by atoms with van der Waals surface area (Å²) in [6, 6.07) is 15.3. The van der Waals surface area contributed by atoms with Crippen molar-refractivity contribution in [2.45, 2.75) is 76.9 Å². The number of nitrogen functional groups attached to an aromatic ring is 2. The first kappa shape index (κ1) is 44.5. The first-order valence-electron chi connectivity index (χ1n) is 18.4. The number of hydrogen-bond donors (Lipinski definition) is 10. The maximum atomic E-state index is 13.0. The van der Waals surface area contributed by atoms with Crippen LogP contribution in [0, 0.1) is 12.8 Å². The minimum absolute atomic E-state index is 0.00586. The third kappa shape index (κ3) is 14.4. The number of carbonyl (C=O) groups is 2. The lowest BCUT2D eigenvalue weighted by molar-refractivity contribution is -0.119. The molecule has 0 aliphatic heterocycles. The molecule has 1 heterocycles. The van der Waals surface area contributed by atoms with Crippen molar-refractivity contribution in [3.05, 3.63) is 81.6 Å². The summed E-state index contributed by atoms with van der Waals surface area (Å²) in [4.78, 5) is 35.7. The maximum Gasteiger partial charge on any atom is 0.273 e. The Morgan fingerprint density at radius 3 is 2.24 bits per heavy atom. The van der Waals surface area contributed by atoms with Gasteiger partial charge in [0.25, 0.3) is 11.8 Å². The number of nitrogens with zero attached hydrogens (tertiary/aromatic N) is 3. The summed E-state index contributed by atoms with van der Waals surface area (Å²) < 4.78 is 0. The van der Waals surface area contributed by atoms with Crippen molar-refractivity contribution in [2.75, 3.05) is 57.3 Å². The lowest BCUT2D eigenvalue weighted by atomic mass is 9.95. The van der Waals surface area contributed by atoms with Gasteiger partial charge in [0.05, 0.1) is 12.7 Å². The van der Waals surface area contributed by atoms with E-state index < -0.39 is 36.9 Å². The molecule has 0 radical (unpaired) electrons. The SMILES string of the molecule is CCCCCCN(CCNC(=O)c1ccc(CNC[C@@H](CNC(=O)c2nc(Cl)c(N)nc2N)Cc2ccccc2C)cc1)C[C@H](O)[C@@H](O)[C@H](O)[C@H](O)CO. The van der Waals surface area contributed by atoms with Crippen molar-refractivity contribution >= 4 is 35.1 Å². The molecule has 0 aliphatic carbocycles. The summed E-state index contributed by atoms with van der Waals surface area (Å²) in [5.74, 6) is -0.916. The number of nitrogens with one attached hydrogen (secondary N) is 3. The van der Waals surface area contributed by atoms with Crippen LogP contribution in [0.5, 0.6) is 0 Å². The van der Waals surface area contributed by atoms with Gasteiger partial charge in [-0.15, -0.1) is 0 Å². The van der Waals surface area contributed by atoms with Gasteiger partial charge in [-0.1, -0.05) is 74.2 Å². The van der Waals surface area contributed by atoms with Gasteiger partial charge in [0.2, 0.25) is 0 Å². The Bertz CT molecular complexity index is 1600. The number of rotatable bonds is 24. The molecule has 3 aromatic rings. The molecule has 12 N–H and O–H groups in total. The van der Waals surface area contributed by atoms with Gasteiger partial charge in [-0.05, 0) is 61.1 Å². The van der Waals surface area contributed by atoms with E-state index in [1.54, 1.807) is 12.1 Å². The van der Waals surface area contributed by atoms with Crippen molar-refractivity contribution in [1.82, 2.24) is 30.8 Å². The fourth-order valence-electron chi connectivity index (χ4n) is 5.91. The first-order chi connectivity index (χ1) is 25.8. The number of carbonyl (C=O) groups excluding carboxylic acids is 2. The molecule has 3 rings (SSSR count). The molecule has 54 heavy (non-hydrogen) atoms. The smallest absolute Gasteiger partial charge is 0.273 e. The molecule has 2 aromatic carbocycles. The average Bonchev–Trinajstić information content (AvgIpc) is 3.16. The number of aliphatic hydroxyl groups is 5. The molecular weight excluding hydrogens is 716 g/mol. The molecule has 15 nitrogen and oxygen atoms in total. The van der Waals surface area contributed by atoms with E-state index in [2.05, 4.69) is 38.9 Å². The second kappa shape index (κ2) is 23.1. The third-order valence-corrected chi connectivity index (χ3v) is 9.51. The number of aryl methyl sites for hydroxylation is 1. The number of hydrogen-bond acceptors (Lipinski definition) is 13. The minimum atomic E-state index is -1.70. The molecular formula is C38H57ClN8O7. The van der Waals surface area contributed by atoms with E-state index in [4.69, 9.17) is 28.2 Å². The highest BCUT2D eigenvalue weighted by atomic mass is 35.5. The number of anilines is 2. The van der Waals surface area contributed by atoms with Gasteiger partial charge in [0.15, 0.2) is 22.5 Å². The fraction of sp³-hybridized carbons (Fsp3) is 0.526. The summed E-state index contributed by atoms with van der Waals surface area (Å²) in [6.45, 7) is 6.12. The number of nitrogens with two attached hydrogens (primary N) is 2. The van der Waals surface area contributed by atoms with Crippen LogP contribution in [0.1, 0.15) is 70.1 Å². The molecule has 1 aromatic heterocycles. The van der Waals surface area contributed by atoms with Crippen molar-refractivity contribution in [2.24, 2.45) is 5.92 Å². The van der Waals surface area contributed by atoms with Crippen LogP contribution in [-0.2, 0) is 13.0 Å². The van der Waals surface area contributed by atoms with Gasteiger partial charge >= 0.3 is 0 Å². The Labute approximate surface area is 322 Å². The lowest BCUT2D eigenvalue weighted by Crippen LogP contribution is -2.50. The van der Waals surface area contributed by atoms with E-state index in [0.29, 0.717) is 44.7 Å². The Morgan fingerprint density at radius 2 is 1.56 bits per heavy atom. The Morgan fingerprint density at radius 1 is 0.852 bits per heavy atom. The Hall–Kier alpha value is -3.93. The summed E-state index contributed by atoms with van der Waals surface area (Å²) in [5, 5.41) is 58.7. The highest BCUT2D eigenvalue weighted by molar-refractivity contribution is 6.31. The largest absolute Gasteiger partial charge is 0.394 e. The molecule has 298 valence electrons. The predicted molar refractivity (Wildman–Crippen MR) is 209 cm³/mol. The second-order valence-corrected chi connectivity index (χ2v) is 13.9. The number of aromatic nitrogens is 2. The average molecular weight is 773 g/mol. The van der Waals surface area contributed by atoms with Crippen LogP contribution in [0.3, 0.4) is 0 Å². The van der Waals surface area contributed by atoms with Crippen LogP contribution < -0.4 is 27.4 Å². The number of amides is 2. The summed E-state index contributed by atoms with van der Waals surface area (Å²) >= 11 is 5.97. The van der Waals surface area contributed by atoms with Crippen LogP contribution in [0.25, 0.3) is 0 Å². The van der Waals surface area contributed by atoms with Gasteiger partial charge in [-0.3, -0.25) is 14.5 Å². The topological polar surface area (TPSA) is 252 Å². The van der Waals surface area contributed by atoms with Crippen LogP contribution >= 0.6 is 11.6 Å². The molecule has 0 saturated heterocycles. The number of halogens is 1. The zero-order chi connectivity index (χ0) is 39.6. The van der Waals surface area contributed by atoms with E-state index in [1.165, 1.54) is 0 Å². The predicted octanol–water partition coefficient (Wildman–Crippen LogP) is 1.03. The quantitative estimate of drug-likeness (QED) is 0.0572. The molecule has 0 bridgehead atoms.